The molecule has 0 aromatic carbocycles. The maximum absolute atomic E-state index is 6.04. The van der Waals surface area contributed by atoms with E-state index in [1.807, 2.05) is 48.2 Å². The first kappa shape index (κ1) is 16.6. The monoisotopic (exact) mass is 377 g/mol. The molecule has 0 saturated carbocycles. The van der Waals surface area contributed by atoms with Crippen LogP contribution in [0.1, 0.15) is 16.8 Å². The predicted molar refractivity (Wildman–Crippen MR) is 105 cm³/mol. The number of aromatic nitrogens is 4. The molecule has 1 aliphatic rings. The molecule has 0 spiro atoms. The second kappa shape index (κ2) is 7.19. The summed E-state index contributed by atoms with van der Waals surface area (Å²) in [6.07, 6.45) is 7.56. The first-order chi connectivity index (χ1) is 13.4. The maximum atomic E-state index is 6.04. The minimum atomic E-state index is -0.0242. The lowest BCUT2D eigenvalue weighted by atomic mass is 10.2. The Balaban J connectivity index is 1.43. The van der Waals surface area contributed by atoms with E-state index in [1.54, 1.807) is 11.3 Å². The fourth-order valence-electron chi connectivity index (χ4n) is 3.49. The number of rotatable bonds is 4. The fourth-order valence-corrected chi connectivity index (χ4v) is 4.15. The number of fused-ring (bicyclic) bond motifs is 1. The van der Waals surface area contributed by atoms with Crippen molar-refractivity contribution in [1.82, 2.24) is 24.3 Å². The number of hydrogen-bond acceptors (Lipinski definition) is 6. The molecule has 6 nitrogen and oxygen atoms in total. The molecular weight excluding hydrogens is 358 g/mol. The molecule has 5 heterocycles. The van der Waals surface area contributed by atoms with Gasteiger partial charge >= 0.3 is 0 Å². The lowest BCUT2D eigenvalue weighted by Gasteiger charge is -2.31. The second-order valence-corrected chi connectivity index (χ2v) is 7.54. The van der Waals surface area contributed by atoms with Gasteiger partial charge in [-0.2, -0.15) is 0 Å². The minimum absolute atomic E-state index is 0.0242. The second-order valence-electron chi connectivity index (χ2n) is 6.56. The molecular formula is C20H19N5OS. The summed E-state index contributed by atoms with van der Waals surface area (Å²) in [6.45, 7) is 3.33. The number of thiazole rings is 1. The van der Waals surface area contributed by atoms with Crippen LogP contribution >= 0.6 is 11.3 Å². The fraction of sp³-hybridized carbons (Fsp3) is 0.250. The van der Waals surface area contributed by atoms with Gasteiger partial charge in [-0.3, -0.25) is 14.3 Å². The highest BCUT2D eigenvalue weighted by Crippen LogP contribution is 2.26. The Morgan fingerprint density at radius 2 is 2.07 bits per heavy atom. The van der Waals surface area contributed by atoms with Crippen LogP contribution in [0.5, 0.6) is 0 Å². The SMILES string of the molecule is c1cc(-c2ccncc2)n2cc(C3CN(Cc4nccs4)CCO3)nc2c1. The van der Waals surface area contributed by atoms with E-state index < -0.39 is 0 Å². The lowest BCUT2D eigenvalue weighted by molar-refractivity contribution is -0.0347. The van der Waals surface area contributed by atoms with Crippen LogP contribution in [-0.2, 0) is 11.3 Å². The van der Waals surface area contributed by atoms with Crippen molar-refractivity contribution in [3.05, 3.63) is 71.2 Å². The number of imidazole rings is 1. The van der Waals surface area contributed by atoms with Crippen LogP contribution in [0.25, 0.3) is 16.9 Å². The number of pyridine rings is 2. The minimum Gasteiger partial charge on any atom is -0.369 e. The summed E-state index contributed by atoms with van der Waals surface area (Å²) in [6, 6.07) is 10.2. The Labute approximate surface area is 161 Å². The molecule has 0 radical (unpaired) electrons. The Kier molecular flexibility index (Phi) is 4.41. The van der Waals surface area contributed by atoms with Crippen molar-refractivity contribution in [3.63, 3.8) is 0 Å². The third-order valence-corrected chi connectivity index (χ3v) is 5.57. The van der Waals surface area contributed by atoms with Crippen molar-refractivity contribution in [2.75, 3.05) is 19.7 Å². The van der Waals surface area contributed by atoms with E-state index >= 15 is 0 Å². The van der Waals surface area contributed by atoms with Gasteiger partial charge in [0, 0.05) is 48.8 Å². The third kappa shape index (κ3) is 3.37. The van der Waals surface area contributed by atoms with Crippen molar-refractivity contribution >= 4 is 17.0 Å². The van der Waals surface area contributed by atoms with E-state index in [2.05, 4.69) is 31.5 Å². The van der Waals surface area contributed by atoms with E-state index in [0.29, 0.717) is 6.61 Å². The number of morpholine rings is 1. The maximum Gasteiger partial charge on any atom is 0.137 e. The van der Waals surface area contributed by atoms with E-state index in [0.717, 1.165) is 47.2 Å². The van der Waals surface area contributed by atoms with Gasteiger partial charge in [0.25, 0.3) is 0 Å². The molecule has 0 bridgehead atoms. The van der Waals surface area contributed by atoms with Gasteiger partial charge in [-0.15, -0.1) is 11.3 Å². The van der Waals surface area contributed by atoms with Gasteiger partial charge in [-0.25, -0.2) is 9.97 Å². The average molecular weight is 377 g/mol. The summed E-state index contributed by atoms with van der Waals surface area (Å²) in [4.78, 5) is 15.7. The van der Waals surface area contributed by atoms with E-state index in [-0.39, 0.29) is 6.10 Å². The average Bonchev–Trinajstić information content (AvgIpc) is 3.38. The normalized spacial score (nSPS) is 18.1. The van der Waals surface area contributed by atoms with Gasteiger partial charge in [0.2, 0.25) is 0 Å². The Morgan fingerprint density at radius 1 is 1.15 bits per heavy atom. The summed E-state index contributed by atoms with van der Waals surface area (Å²) in [7, 11) is 0. The zero-order chi connectivity index (χ0) is 18.1. The topological polar surface area (TPSA) is 55.5 Å². The Morgan fingerprint density at radius 3 is 2.93 bits per heavy atom. The quantitative estimate of drug-likeness (QED) is 0.545. The zero-order valence-electron chi connectivity index (χ0n) is 14.7. The van der Waals surface area contributed by atoms with Crippen LogP contribution in [-0.4, -0.2) is 43.9 Å². The first-order valence-electron chi connectivity index (χ1n) is 8.97. The van der Waals surface area contributed by atoms with Gasteiger partial charge in [-0.05, 0) is 24.3 Å². The molecule has 1 unspecified atom stereocenters. The molecule has 4 aromatic rings. The van der Waals surface area contributed by atoms with Gasteiger partial charge in [-0.1, -0.05) is 6.07 Å². The molecule has 1 atom stereocenters. The molecule has 1 saturated heterocycles. The summed E-state index contributed by atoms with van der Waals surface area (Å²) in [5, 5.41) is 3.17. The van der Waals surface area contributed by atoms with Crippen LogP contribution in [0.4, 0.5) is 0 Å². The Hall–Kier alpha value is -2.61. The lowest BCUT2D eigenvalue weighted by Crippen LogP contribution is -2.37. The molecule has 136 valence electrons. The molecule has 27 heavy (non-hydrogen) atoms. The molecule has 0 aliphatic carbocycles. The van der Waals surface area contributed by atoms with Crippen LogP contribution in [0, 0.1) is 0 Å². The summed E-state index contributed by atoms with van der Waals surface area (Å²) in [5.41, 5.74) is 4.12. The van der Waals surface area contributed by atoms with Crippen LogP contribution in [0.2, 0.25) is 0 Å². The zero-order valence-corrected chi connectivity index (χ0v) is 15.5. The van der Waals surface area contributed by atoms with Crippen molar-refractivity contribution in [2.45, 2.75) is 12.6 Å². The third-order valence-electron chi connectivity index (χ3n) is 4.81. The molecule has 1 aliphatic heterocycles. The molecule has 0 amide bonds. The van der Waals surface area contributed by atoms with E-state index in [9.17, 15) is 0 Å². The molecule has 5 rings (SSSR count). The number of hydrogen-bond donors (Lipinski definition) is 0. The predicted octanol–water partition coefficient (Wildman–Crippen LogP) is 3.43. The summed E-state index contributed by atoms with van der Waals surface area (Å²) >= 11 is 1.70. The smallest absolute Gasteiger partial charge is 0.137 e. The first-order valence-corrected chi connectivity index (χ1v) is 9.85. The number of nitrogens with zero attached hydrogens (tertiary/aromatic N) is 5. The summed E-state index contributed by atoms with van der Waals surface area (Å²) < 4.78 is 8.18. The highest BCUT2D eigenvalue weighted by molar-refractivity contribution is 7.09. The van der Waals surface area contributed by atoms with Crippen molar-refractivity contribution in [1.29, 1.82) is 0 Å². The largest absolute Gasteiger partial charge is 0.369 e. The van der Waals surface area contributed by atoms with Crippen molar-refractivity contribution < 1.29 is 4.74 Å². The molecule has 0 N–H and O–H groups in total. The molecule has 4 aromatic heterocycles. The van der Waals surface area contributed by atoms with E-state index in [4.69, 9.17) is 9.72 Å². The molecule has 1 fully saturated rings. The van der Waals surface area contributed by atoms with Crippen molar-refractivity contribution in [2.24, 2.45) is 0 Å². The van der Waals surface area contributed by atoms with E-state index in [1.165, 1.54) is 0 Å². The van der Waals surface area contributed by atoms with Gasteiger partial charge in [0.1, 0.15) is 16.8 Å². The molecule has 7 heteroatoms. The van der Waals surface area contributed by atoms with Crippen LogP contribution < -0.4 is 0 Å². The van der Waals surface area contributed by atoms with Gasteiger partial charge in [0.05, 0.1) is 24.5 Å². The van der Waals surface area contributed by atoms with Gasteiger partial charge in [0.15, 0.2) is 0 Å². The highest BCUT2D eigenvalue weighted by atomic mass is 32.1. The van der Waals surface area contributed by atoms with Gasteiger partial charge < -0.3 is 4.74 Å². The standard InChI is InChI=1S/C20H19N5OS/c1-2-17(15-4-6-21-7-5-15)25-12-16(23-19(25)3-1)18-13-24(9-10-26-18)14-20-22-8-11-27-20/h1-8,11-12,18H,9-10,13-14H2. The van der Waals surface area contributed by atoms with Crippen molar-refractivity contribution in [3.8, 4) is 11.3 Å². The highest BCUT2D eigenvalue weighted by Gasteiger charge is 2.25. The van der Waals surface area contributed by atoms with Crippen LogP contribution in [0.15, 0.2) is 60.5 Å². The Bertz CT molecular complexity index is 1030. The number of ether oxygens (including phenoxy) is 1. The van der Waals surface area contributed by atoms with Crippen LogP contribution in [0.3, 0.4) is 0 Å². The summed E-state index contributed by atoms with van der Waals surface area (Å²) in [5.74, 6) is 0.